The second-order valence-electron chi connectivity index (χ2n) is 4.02. The molecule has 1 aliphatic carbocycles. The number of sulfone groups is 1. The summed E-state index contributed by atoms with van der Waals surface area (Å²) >= 11 is 5.52. The van der Waals surface area contributed by atoms with E-state index in [1.165, 1.54) is 6.42 Å². The molecule has 0 spiro atoms. The van der Waals surface area contributed by atoms with Gasteiger partial charge in [0.05, 0.1) is 11.0 Å². The molecule has 0 N–H and O–H groups in total. The van der Waals surface area contributed by atoms with Crippen molar-refractivity contribution >= 4 is 21.4 Å². The fourth-order valence-corrected chi connectivity index (χ4v) is 4.17. The lowest BCUT2D eigenvalue weighted by molar-refractivity contribution is 0.483. The van der Waals surface area contributed by atoms with Gasteiger partial charge < -0.3 is 0 Å². The lowest BCUT2D eigenvalue weighted by Crippen LogP contribution is -2.26. The first kappa shape index (κ1) is 12.3. The second kappa shape index (κ2) is 5.96. The Morgan fingerprint density at radius 3 is 2.29 bits per heavy atom. The van der Waals surface area contributed by atoms with Crippen LogP contribution in [0.5, 0.6) is 0 Å². The predicted octanol–water partition coefficient (Wildman–Crippen LogP) is 2.75. The fraction of sp³-hybridized carbons (Fsp3) is 1.00. The Morgan fingerprint density at radius 1 is 1.07 bits per heavy atom. The van der Waals surface area contributed by atoms with Crippen LogP contribution in [0.15, 0.2) is 0 Å². The maximum absolute atomic E-state index is 11.8. The lowest BCUT2D eigenvalue weighted by atomic mass is 10.0. The van der Waals surface area contributed by atoms with E-state index in [9.17, 15) is 8.42 Å². The van der Waals surface area contributed by atoms with Gasteiger partial charge in [0, 0.05) is 5.88 Å². The average molecular weight is 239 g/mol. The summed E-state index contributed by atoms with van der Waals surface area (Å²) < 4.78 is 23.6. The Labute approximate surface area is 91.9 Å². The Balaban J connectivity index is 2.38. The van der Waals surface area contributed by atoms with Crippen LogP contribution in [-0.2, 0) is 9.84 Å². The summed E-state index contributed by atoms with van der Waals surface area (Å²) in [4.78, 5) is 0. The van der Waals surface area contributed by atoms with E-state index in [1.54, 1.807) is 0 Å². The standard InChI is InChI=1S/C10H19ClO2S/c11-8-4-5-9-14(12,13)10-6-2-1-3-7-10/h10H,1-9H2. The van der Waals surface area contributed by atoms with Gasteiger partial charge in [0.15, 0.2) is 9.84 Å². The van der Waals surface area contributed by atoms with Gasteiger partial charge in [0.1, 0.15) is 0 Å². The molecule has 1 rings (SSSR count). The first-order valence-electron chi connectivity index (χ1n) is 5.44. The molecule has 0 aromatic heterocycles. The summed E-state index contributed by atoms with van der Waals surface area (Å²) in [5.74, 6) is 0.907. The van der Waals surface area contributed by atoms with Crippen molar-refractivity contribution < 1.29 is 8.42 Å². The molecule has 0 heterocycles. The molecule has 1 fully saturated rings. The first-order chi connectivity index (χ1) is 6.67. The van der Waals surface area contributed by atoms with E-state index >= 15 is 0 Å². The van der Waals surface area contributed by atoms with Crippen molar-refractivity contribution in [2.75, 3.05) is 11.6 Å². The molecule has 0 aliphatic heterocycles. The van der Waals surface area contributed by atoms with Gasteiger partial charge in [0.2, 0.25) is 0 Å². The summed E-state index contributed by atoms with van der Waals surface area (Å²) in [5, 5.41) is -0.0495. The monoisotopic (exact) mass is 238 g/mol. The van der Waals surface area contributed by atoms with E-state index in [2.05, 4.69) is 0 Å². The molecule has 0 saturated heterocycles. The second-order valence-corrected chi connectivity index (χ2v) is 6.80. The number of halogens is 1. The van der Waals surface area contributed by atoms with Crippen molar-refractivity contribution in [2.45, 2.75) is 50.2 Å². The minimum atomic E-state index is -2.81. The molecule has 0 amide bonds. The highest BCUT2D eigenvalue weighted by Crippen LogP contribution is 2.24. The van der Waals surface area contributed by atoms with E-state index in [0.717, 1.165) is 38.5 Å². The summed E-state index contributed by atoms with van der Waals surface area (Å²) in [7, 11) is -2.81. The molecule has 0 aromatic rings. The highest BCUT2D eigenvalue weighted by molar-refractivity contribution is 7.92. The number of hydrogen-bond donors (Lipinski definition) is 0. The number of hydrogen-bond acceptors (Lipinski definition) is 2. The van der Waals surface area contributed by atoms with Gasteiger partial charge in [-0.1, -0.05) is 19.3 Å². The molecule has 84 valence electrons. The van der Waals surface area contributed by atoms with Crippen molar-refractivity contribution in [1.82, 2.24) is 0 Å². The maximum atomic E-state index is 11.8. The van der Waals surface area contributed by atoms with Crippen molar-refractivity contribution in [1.29, 1.82) is 0 Å². The molecule has 14 heavy (non-hydrogen) atoms. The topological polar surface area (TPSA) is 34.1 Å². The molecule has 2 nitrogen and oxygen atoms in total. The van der Waals surface area contributed by atoms with Crippen LogP contribution in [0.1, 0.15) is 44.9 Å². The van der Waals surface area contributed by atoms with Crippen molar-refractivity contribution in [2.24, 2.45) is 0 Å². The highest BCUT2D eigenvalue weighted by Gasteiger charge is 2.26. The van der Waals surface area contributed by atoms with Gasteiger partial charge in [-0.15, -0.1) is 11.6 Å². The van der Waals surface area contributed by atoms with E-state index in [0.29, 0.717) is 11.6 Å². The van der Waals surface area contributed by atoms with E-state index < -0.39 is 9.84 Å². The van der Waals surface area contributed by atoms with Gasteiger partial charge in [-0.3, -0.25) is 0 Å². The molecular formula is C10H19ClO2S. The summed E-state index contributed by atoms with van der Waals surface area (Å²) in [6.45, 7) is 0. The summed E-state index contributed by atoms with van der Waals surface area (Å²) in [6.07, 6.45) is 6.66. The van der Waals surface area contributed by atoms with Crippen LogP contribution >= 0.6 is 11.6 Å². The zero-order valence-corrected chi connectivity index (χ0v) is 10.1. The van der Waals surface area contributed by atoms with Crippen LogP contribution in [0.25, 0.3) is 0 Å². The zero-order chi connectivity index (χ0) is 10.4. The van der Waals surface area contributed by atoms with Crippen molar-refractivity contribution in [3.63, 3.8) is 0 Å². The van der Waals surface area contributed by atoms with Crippen LogP contribution in [0, 0.1) is 0 Å². The Morgan fingerprint density at radius 2 is 1.71 bits per heavy atom. The lowest BCUT2D eigenvalue weighted by Gasteiger charge is -2.21. The van der Waals surface area contributed by atoms with E-state index in [-0.39, 0.29) is 5.25 Å². The van der Waals surface area contributed by atoms with Crippen LogP contribution in [0.3, 0.4) is 0 Å². The normalized spacial score (nSPS) is 19.8. The minimum Gasteiger partial charge on any atom is -0.229 e. The minimum absolute atomic E-state index is 0.0495. The molecule has 1 aliphatic rings. The average Bonchev–Trinajstić information content (AvgIpc) is 2.19. The molecule has 1 saturated carbocycles. The molecular weight excluding hydrogens is 220 g/mol. The molecule has 0 radical (unpaired) electrons. The molecule has 0 aromatic carbocycles. The van der Waals surface area contributed by atoms with Crippen molar-refractivity contribution in [3.05, 3.63) is 0 Å². The third kappa shape index (κ3) is 3.77. The van der Waals surface area contributed by atoms with Gasteiger partial charge in [-0.25, -0.2) is 8.42 Å². The summed E-state index contributed by atoms with van der Waals surface area (Å²) in [6, 6.07) is 0. The predicted molar refractivity (Wildman–Crippen MR) is 60.6 cm³/mol. The van der Waals surface area contributed by atoms with Crippen LogP contribution in [0.4, 0.5) is 0 Å². The van der Waals surface area contributed by atoms with E-state index in [4.69, 9.17) is 11.6 Å². The van der Waals surface area contributed by atoms with Crippen LogP contribution < -0.4 is 0 Å². The Hall–Kier alpha value is 0.240. The largest absolute Gasteiger partial charge is 0.229 e. The van der Waals surface area contributed by atoms with E-state index in [1.807, 2.05) is 0 Å². The van der Waals surface area contributed by atoms with Crippen LogP contribution in [0.2, 0.25) is 0 Å². The molecule has 0 atom stereocenters. The molecule has 0 bridgehead atoms. The van der Waals surface area contributed by atoms with Gasteiger partial charge in [-0.2, -0.15) is 0 Å². The summed E-state index contributed by atoms with van der Waals surface area (Å²) in [5.41, 5.74) is 0. The maximum Gasteiger partial charge on any atom is 0.153 e. The quantitative estimate of drug-likeness (QED) is 0.545. The zero-order valence-electron chi connectivity index (χ0n) is 8.54. The fourth-order valence-electron chi connectivity index (χ4n) is 1.99. The van der Waals surface area contributed by atoms with Crippen LogP contribution in [-0.4, -0.2) is 25.3 Å². The third-order valence-corrected chi connectivity index (χ3v) is 5.48. The molecule has 0 unspecified atom stereocenters. The number of alkyl halides is 1. The van der Waals surface area contributed by atoms with Crippen molar-refractivity contribution in [3.8, 4) is 0 Å². The third-order valence-electron chi connectivity index (χ3n) is 2.87. The van der Waals surface area contributed by atoms with Gasteiger partial charge in [-0.05, 0) is 25.7 Å². The Kier molecular flexibility index (Phi) is 5.24. The molecule has 4 heteroatoms. The van der Waals surface area contributed by atoms with Gasteiger partial charge >= 0.3 is 0 Å². The Bertz CT molecular complexity index is 243. The number of rotatable bonds is 5. The first-order valence-corrected chi connectivity index (χ1v) is 7.69. The van der Waals surface area contributed by atoms with Gasteiger partial charge in [0.25, 0.3) is 0 Å². The smallest absolute Gasteiger partial charge is 0.153 e. The number of unbranched alkanes of at least 4 members (excludes halogenated alkanes) is 1. The highest BCUT2D eigenvalue weighted by atomic mass is 35.5. The SMILES string of the molecule is O=S(=O)(CCCCCl)C1CCCCC1.